The number of amides is 1. The zero-order chi connectivity index (χ0) is 22.0. The Morgan fingerprint density at radius 3 is 2.71 bits per heavy atom. The van der Waals surface area contributed by atoms with Crippen LogP contribution in [-0.4, -0.2) is 23.1 Å². The summed E-state index contributed by atoms with van der Waals surface area (Å²) in [5, 5.41) is 7.34. The van der Waals surface area contributed by atoms with Crippen LogP contribution in [0, 0.1) is 0 Å². The lowest BCUT2D eigenvalue weighted by atomic mass is 10.2. The summed E-state index contributed by atoms with van der Waals surface area (Å²) in [4.78, 5) is 17.3. The smallest absolute Gasteiger partial charge is 0.257 e. The fourth-order valence-electron chi connectivity index (χ4n) is 2.93. The number of hydrogen-bond donors (Lipinski definition) is 2. The maximum Gasteiger partial charge on any atom is 0.257 e. The number of fused-ring (bicyclic) bond motifs is 1. The SMILES string of the molecule is COc1ccc(C(=O)NC(=S)Nc2ccc(Cl)cc2-c2nc3ccccc3s2)cc1Br. The van der Waals surface area contributed by atoms with Gasteiger partial charge in [0.1, 0.15) is 10.8 Å². The fraction of sp³-hybridized carbons (Fsp3) is 0.0455. The van der Waals surface area contributed by atoms with E-state index in [0.29, 0.717) is 26.5 Å². The highest BCUT2D eigenvalue weighted by Crippen LogP contribution is 2.36. The van der Waals surface area contributed by atoms with Gasteiger partial charge in [0.15, 0.2) is 5.11 Å². The van der Waals surface area contributed by atoms with E-state index in [9.17, 15) is 4.79 Å². The third-order valence-corrected chi connectivity index (χ3v) is 6.52. The van der Waals surface area contributed by atoms with Gasteiger partial charge in [0.2, 0.25) is 0 Å². The highest BCUT2D eigenvalue weighted by molar-refractivity contribution is 9.10. The zero-order valence-corrected chi connectivity index (χ0v) is 20.1. The first kappa shape index (κ1) is 21.7. The van der Waals surface area contributed by atoms with Crippen molar-refractivity contribution in [2.24, 2.45) is 0 Å². The van der Waals surface area contributed by atoms with Crippen LogP contribution in [0.25, 0.3) is 20.8 Å². The Balaban J connectivity index is 1.56. The van der Waals surface area contributed by atoms with Crippen LogP contribution in [0.5, 0.6) is 5.75 Å². The molecule has 3 aromatic carbocycles. The van der Waals surface area contributed by atoms with Gasteiger partial charge in [-0.1, -0.05) is 23.7 Å². The van der Waals surface area contributed by atoms with Gasteiger partial charge < -0.3 is 10.1 Å². The number of thiazole rings is 1. The number of benzene rings is 3. The molecule has 156 valence electrons. The maximum absolute atomic E-state index is 12.6. The highest BCUT2D eigenvalue weighted by Gasteiger charge is 2.15. The van der Waals surface area contributed by atoms with Crippen molar-refractivity contribution in [2.75, 3.05) is 12.4 Å². The third kappa shape index (κ3) is 4.88. The number of carbonyl (C=O) groups excluding carboxylic acids is 1. The molecule has 0 aliphatic carbocycles. The van der Waals surface area contributed by atoms with Crippen molar-refractivity contribution in [2.45, 2.75) is 0 Å². The van der Waals surface area contributed by atoms with Crippen LogP contribution in [-0.2, 0) is 0 Å². The van der Waals surface area contributed by atoms with E-state index in [4.69, 9.17) is 33.5 Å². The number of anilines is 1. The monoisotopic (exact) mass is 531 g/mol. The molecule has 2 N–H and O–H groups in total. The lowest BCUT2D eigenvalue weighted by molar-refractivity contribution is 0.0977. The molecule has 0 atom stereocenters. The number of thiocarbonyl (C=S) groups is 1. The van der Waals surface area contributed by atoms with Crippen molar-refractivity contribution in [1.82, 2.24) is 10.3 Å². The van der Waals surface area contributed by atoms with E-state index in [0.717, 1.165) is 20.8 Å². The average Bonchev–Trinajstić information content (AvgIpc) is 3.19. The molecule has 1 heterocycles. The van der Waals surface area contributed by atoms with E-state index in [-0.39, 0.29) is 11.0 Å². The van der Waals surface area contributed by atoms with Gasteiger partial charge in [0, 0.05) is 16.1 Å². The zero-order valence-electron chi connectivity index (χ0n) is 16.1. The second kappa shape index (κ2) is 9.32. The van der Waals surface area contributed by atoms with Gasteiger partial charge in [-0.3, -0.25) is 10.1 Å². The number of carbonyl (C=O) groups is 1. The molecule has 0 radical (unpaired) electrons. The molecule has 0 saturated carbocycles. The summed E-state index contributed by atoms with van der Waals surface area (Å²) in [5.41, 5.74) is 2.86. The van der Waals surface area contributed by atoms with Gasteiger partial charge in [-0.25, -0.2) is 4.98 Å². The summed E-state index contributed by atoms with van der Waals surface area (Å²) in [6.07, 6.45) is 0. The maximum atomic E-state index is 12.6. The molecule has 0 aliphatic heterocycles. The minimum absolute atomic E-state index is 0.168. The summed E-state index contributed by atoms with van der Waals surface area (Å²) in [7, 11) is 1.56. The molecule has 0 aliphatic rings. The van der Waals surface area contributed by atoms with Crippen LogP contribution in [0.2, 0.25) is 5.02 Å². The van der Waals surface area contributed by atoms with Crippen LogP contribution < -0.4 is 15.4 Å². The molecule has 0 bridgehead atoms. The van der Waals surface area contributed by atoms with Crippen LogP contribution in [0.1, 0.15) is 10.4 Å². The number of aromatic nitrogens is 1. The van der Waals surface area contributed by atoms with Crippen molar-refractivity contribution < 1.29 is 9.53 Å². The predicted octanol–water partition coefficient (Wildman–Crippen LogP) is 6.51. The van der Waals surface area contributed by atoms with Gasteiger partial charge in [-0.2, -0.15) is 0 Å². The minimum Gasteiger partial charge on any atom is -0.496 e. The summed E-state index contributed by atoms with van der Waals surface area (Å²) in [5.74, 6) is 0.301. The normalized spacial score (nSPS) is 10.7. The molecule has 4 aromatic rings. The number of nitrogens with one attached hydrogen (secondary N) is 2. The Morgan fingerprint density at radius 1 is 1.16 bits per heavy atom. The number of methoxy groups -OCH3 is 1. The van der Waals surface area contributed by atoms with Crippen LogP contribution in [0.15, 0.2) is 65.1 Å². The standard InChI is InChI=1S/C22H15BrClN3O2S2/c1-29-18-9-6-12(10-15(18)23)20(28)27-22(30)26-16-8-7-13(24)11-14(16)21-25-17-4-2-3-5-19(17)31-21/h2-11H,1H3,(H2,26,27,28,30). The van der Waals surface area contributed by atoms with E-state index in [2.05, 4.69) is 26.6 Å². The van der Waals surface area contributed by atoms with E-state index < -0.39 is 0 Å². The van der Waals surface area contributed by atoms with Gasteiger partial charge in [-0.05, 0) is 76.7 Å². The number of para-hydroxylation sites is 1. The van der Waals surface area contributed by atoms with Gasteiger partial charge in [0.25, 0.3) is 5.91 Å². The first-order chi connectivity index (χ1) is 14.9. The van der Waals surface area contributed by atoms with Gasteiger partial charge in [-0.15, -0.1) is 11.3 Å². The lowest BCUT2D eigenvalue weighted by Gasteiger charge is -2.13. The summed E-state index contributed by atoms with van der Waals surface area (Å²) < 4.78 is 6.95. The average molecular weight is 533 g/mol. The van der Waals surface area contributed by atoms with Crippen molar-refractivity contribution in [3.05, 3.63) is 75.7 Å². The number of nitrogens with zero attached hydrogens (tertiary/aromatic N) is 1. The third-order valence-electron chi connectivity index (χ3n) is 4.40. The molecule has 0 spiro atoms. The Labute approximate surface area is 201 Å². The highest BCUT2D eigenvalue weighted by atomic mass is 79.9. The number of rotatable bonds is 4. The molecule has 0 saturated heterocycles. The molecule has 5 nitrogen and oxygen atoms in total. The first-order valence-electron chi connectivity index (χ1n) is 9.06. The second-order valence-electron chi connectivity index (χ2n) is 6.43. The topological polar surface area (TPSA) is 63.2 Å². The molecular formula is C22H15BrClN3O2S2. The van der Waals surface area contributed by atoms with Gasteiger partial charge >= 0.3 is 0 Å². The number of ether oxygens (including phenoxy) is 1. The number of hydrogen-bond acceptors (Lipinski definition) is 5. The van der Waals surface area contributed by atoms with E-state index in [1.54, 1.807) is 42.7 Å². The minimum atomic E-state index is -0.337. The molecule has 0 unspecified atom stereocenters. The Kier molecular flexibility index (Phi) is 6.52. The molecule has 31 heavy (non-hydrogen) atoms. The molecule has 4 rings (SSSR count). The molecular weight excluding hydrogens is 518 g/mol. The van der Waals surface area contributed by atoms with Crippen molar-refractivity contribution in [3.63, 3.8) is 0 Å². The Morgan fingerprint density at radius 2 is 1.97 bits per heavy atom. The molecule has 1 aromatic heterocycles. The second-order valence-corrected chi connectivity index (χ2v) is 9.16. The van der Waals surface area contributed by atoms with Crippen LogP contribution in [0.4, 0.5) is 5.69 Å². The van der Waals surface area contributed by atoms with Crippen LogP contribution >= 0.6 is 51.1 Å². The van der Waals surface area contributed by atoms with Crippen molar-refractivity contribution >= 4 is 78.0 Å². The van der Waals surface area contributed by atoms with Crippen LogP contribution in [0.3, 0.4) is 0 Å². The predicted molar refractivity (Wildman–Crippen MR) is 134 cm³/mol. The summed E-state index contributed by atoms with van der Waals surface area (Å²) in [6.45, 7) is 0. The van der Waals surface area contributed by atoms with Gasteiger partial charge in [0.05, 0.1) is 27.5 Å². The fourth-order valence-corrected chi connectivity index (χ4v) is 4.84. The summed E-state index contributed by atoms with van der Waals surface area (Å²) in [6, 6.07) is 18.3. The number of halogens is 2. The molecule has 0 fully saturated rings. The van der Waals surface area contributed by atoms with Crippen molar-refractivity contribution in [3.8, 4) is 16.3 Å². The molecule has 9 heteroatoms. The Bertz CT molecular complexity index is 1280. The van der Waals surface area contributed by atoms with E-state index in [1.807, 2.05) is 36.4 Å². The molecule has 1 amide bonds. The quantitative estimate of drug-likeness (QED) is 0.293. The Hall–Kier alpha value is -2.52. The van der Waals surface area contributed by atoms with Crippen molar-refractivity contribution in [1.29, 1.82) is 0 Å². The largest absolute Gasteiger partial charge is 0.496 e. The first-order valence-corrected chi connectivity index (χ1v) is 11.5. The summed E-state index contributed by atoms with van der Waals surface area (Å²) >= 11 is 16.5. The lowest BCUT2D eigenvalue weighted by Crippen LogP contribution is -2.34. The van der Waals surface area contributed by atoms with E-state index in [1.165, 1.54) is 0 Å². The van der Waals surface area contributed by atoms with E-state index >= 15 is 0 Å².